The summed E-state index contributed by atoms with van der Waals surface area (Å²) in [5.41, 5.74) is 0.206. The van der Waals surface area contributed by atoms with Crippen LogP contribution < -0.4 is 5.32 Å². The van der Waals surface area contributed by atoms with E-state index in [-0.39, 0.29) is 5.91 Å². The maximum absolute atomic E-state index is 12.1. The van der Waals surface area contributed by atoms with Crippen molar-refractivity contribution in [2.24, 2.45) is 0 Å². The van der Waals surface area contributed by atoms with Gasteiger partial charge >= 0.3 is 5.97 Å². The maximum Gasteiger partial charge on any atom is 0.329 e. The summed E-state index contributed by atoms with van der Waals surface area (Å²) in [6.45, 7) is 0. The molecule has 0 bridgehead atoms. The third-order valence-corrected chi connectivity index (χ3v) is 3.67. The molecule has 3 rings (SSSR count). The average molecular weight is 259 g/mol. The highest BCUT2D eigenvalue weighted by atomic mass is 16.4. The van der Waals surface area contributed by atoms with E-state index in [9.17, 15) is 14.7 Å². The van der Waals surface area contributed by atoms with Gasteiger partial charge in [-0.05, 0) is 37.5 Å². The third-order valence-electron chi connectivity index (χ3n) is 3.67. The number of aromatic nitrogens is 2. The molecule has 3 N–H and O–H groups in total. The predicted molar refractivity (Wildman–Crippen MR) is 67.8 cm³/mol. The highest BCUT2D eigenvalue weighted by Crippen LogP contribution is 2.32. The summed E-state index contributed by atoms with van der Waals surface area (Å²) in [6.07, 6.45) is 3.43. The number of carboxylic acids is 1. The lowest BCUT2D eigenvalue weighted by molar-refractivity contribution is -0.148. The van der Waals surface area contributed by atoms with Gasteiger partial charge in [-0.15, -0.1) is 0 Å². The molecule has 1 saturated carbocycles. The Kier molecular flexibility index (Phi) is 2.51. The normalized spacial score (nSPS) is 16.8. The Labute approximate surface area is 108 Å². The second kappa shape index (κ2) is 4.08. The summed E-state index contributed by atoms with van der Waals surface area (Å²) in [7, 11) is 0. The zero-order valence-electron chi connectivity index (χ0n) is 10.1. The molecule has 6 nitrogen and oxygen atoms in total. The monoisotopic (exact) mass is 259 g/mol. The topological polar surface area (TPSA) is 95.1 Å². The van der Waals surface area contributed by atoms with Gasteiger partial charge in [0, 0.05) is 10.9 Å². The fourth-order valence-corrected chi connectivity index (χ4v) is 2.30. The predicted octanol–water partition coefficient (Wildman–Crippen LogP) is 1.30. The number of carbonyl (C=O) groups excluding carboxylic acids is 1. The number of benzene rings is 1. The Morgan fingerprint density at radius 3 is 2.79 bits per heavy atom. The number of aliphatic carboxylic acids is 1. The van der Waals surface area contributed by atoms with Crippen LogP contribution in [0.2, 0.25) is 0 Å². The number of fused-ring (bicyclic) bond motifs is 1. The largest absolute Gasteiger partial charge is 0.480 e. The van der Waals surface area contributed by atoms with Crippen LogP contribution in [0.15, 0.2) is 24.4 Å². The van der Waals surface area contributed by atoms with Gasteiger partial charge in [0.2, 0.25) is 0 Å². The number of carboxylic acid groups (broad SMARTS) is 1. The molecule has 19 heavy (non-hydrogen) atoms. The Bertz CT molecular complexity index is 658. The molecule has 0 atom stereocenters. The molecule has 0 spiro atoms. The molecule has 1 aliphatic rings. The molecule has 1 amide bonds. The fraction of sp³-hybridized carbons (Fsp3) is 0.308. The van der Waals surface area contributed by atoms with E-state index in [1.54, 1.807) is 24.4 Å². The molecule has 1 heterocycles. The Hall–Kier alpha value is -2.37. The number of nitrogens with zero attached hydrogens (tertiary/aromatic N) is 1. The van der Waals surface area contributed by atoms with E-state index in [0.717, 1.165) is 17.3 Å². The quantitative estimate of drug-likeness (QED) is 0.774. The first-order valence-electron chi connectivity index (χ1n) is 6.10. The van der Waals surface area contributed by atoms with Crippen LogP contribution in [0.5, 0.6) is 0 Å². The fourth-order valence-electron chi connectivity index (χ4n) is 2.30. The van der Waals surface area contributed by atoms with Crippen LogP contribution in [-0.4, -0.2) is 32.7 Å². The standard InChI is InChI=1S/C13H13N3O3/c17-11(15-13(12(18)19)4-1-5-13)8-2-3-10-9(6-8)7-14-16-10/h2-3,6-7H,1,4-5H2,(H,14,16)(H,15,17)(H,18,19). The molecule has 0 radical (unpaired) electrons. The van der Waals surface area contributed by atoms with Crippen molar-refractivity contribution in [2.45, 2.75) is 24.8 Å². The number of carbonyl (C=O) groups is 2. The lowest BCUT2D eigenvalue weighted by Crippen LogP contribution is -2.59. The van der Waals surface area contributed by atoms with Crippen molar-refractivity contribution < 1.29 is 14.7 Å². The summed E-state index contributed by atoms with van der Waals surface area (Å²) in [6, 6.07) is 5.11. The summed E-state index contributed by atoms with van der Waals surface area (Å²) in [5.74, 6) is -1.32. The minimum Gasteiger partial charge on any atom is -0.480 e. The van der Waals surface area contributed by atoms with Crippen LogP contribution in [0.1, 0.15) is 29.6 Å². The first-order chi connectivity index (χ1) is 9.11. The summed E-state index contributed by atoms with van der Waals surface area (Å²) in [4.78, 5) is 23.3. The van der Waals surface area contributed by atoms with Crippen molar-refractivity contribution in [1.82, 2.24) is 15.5 Å². The van der Waals surface area contributed by atoms with Gasteiger partial charge in [0.05, 0.1) is 11.7 Å². The van der Waals surface area contributed by atoms with Crippen LogP contribution in [0, 0.1) is 0 Å². The SMILES string of the molecule is O=C(NC1(C(=O)O)CCC1)c1ccc2[nH]ncc2c1. The van der Waals surface area contributed by atoms with Crippen molar-refractivity contribution >= 4 is 22.8 Å². The van der Waals surface area contributed by atoms with Crippen molar-refractivity contribution in [3.8, 4) is 0 Å². The highest BCUT2D eigenvalue weighted by molar-refractivity contribution is 6.00. The van der Waals surface area contributed by atoms with Crippen molar-refractivity contribution in [1.29, 1.82) is 0 Å². The highest BCUT2D eigenvalue weighted by Gasteiger charge is 2.45. The number of aromatic amines is 1. The van der Waals surface area contributed by atoms with Crippen molar-refractivity contribution in [3.63, 3.8) is 0 Å². The van der Waals surface area contributed by atoms with E-state index in [1.165, 1.54) is 0 Å². The zero-order chi connectivity index (χ0) is 13.5. The first kappa shape index (κ1) is 11.7. The van der Waals surface area contributed by atoms with E-state index in [0.29, 0.717) is 18.4 Å². The number of hydrogen-bond acceptors (Lipinski definition) is 3. The van der Waals surface area contributed by atoms with Crippen LogP contribution in [0.3, 0.4) is 0 Å². The van der Waals surface area contributed by atoms with Gasteiger partial charge in [-0.3, -0.25) is 9.89 Å². The van der Waals surface area contributed by atoms with E-state index in [2.05, 4.69) is 15.5 Å². The number of nitrogens with one attached hydrogen (secondary N) is 2. The zero-order valence-corrected chi connectivity index (χ0v) is 10.1. The van der Waals surface area contributed by atoms with E-state index < -0.39 is 11.5 Å². The van der Waals surface area contributed by atoms with E-state index >= 15 is 0 Å². The molecular weight excluding hydrogens is 246 g/mol. The van der Waals surface area contributed by atoms with Gasteiger partial charge in [-0.2, -0.15) is 5.10 Å². The number of rotatable bonds is 3. The molecule has 1 aliphatic carbocycles. The van der Waals surface area contributed by atoms with Gasteiger partial charge in [-0.25, -0.2) is 4.79 Å². The summed E-state index contributed by atoms with van der Waals surface area (Å²) < 4.78 is 0. The van der Waals surface area contributed by atoms with Crippen molar-refractivity contribution in [3.05, 3.63) is 30.0 Å². The minimum atomic E-state index is -1.08. The molecule has 6 heteroatoms. The maximum atomic E-state index is 12.1. The molecule has 1 aromatic carbocycles. The van der Waals surface area contributed by atoms with E-state index in [4.69, 9.17) is 0 Å². The Morgan fingerprint density at radius 1 is 1.37 bits per heavy atom. The van der Waals surface area contributed by atoms with Crippen LogP contribution >= 0.6 is 0 Å². The molecule has 1 fully saturated rings. The smallest absolute Gasteiger partial charge is 0.329 e. The molecule has 0 saturated heterocycles. The molecule has 1 aromatic heterocycles. The van der Waals surface area contributed by atoms with Gasteiger partial charge in [0.15, 0.2) is 0 Å². The van der Waals surface area contributed by atoms with E-state index in [1.807, 2.05) is 0 Å². The Balaban J connectivity index is 1.85. The van der Waals surface area contributed by atoms with Crippen LogP contribution in [0.25, 0.3) is 10.9 Å². The summed E-state index contributed by atoms with van der Waals surface area (Å²) in [5, 5.41) is 19.3. The third kappa shape index (κ3) is 1.85. The second-order valence-electron chi connectivity index (χ2n) is 4.87. The lowest BCUT2D eigenvalue weighted by Gasteiger charge is -2.38. The number of H-pyrrole nitrogens is 1. The molecule has 2 aromatic rings. The van der Waals surface area contributed by atoms with Gasteiger partial charge in [0.25, 0.3) is 5.91 Å². The lowest BCUT2D eigenvalue weighted by atomic mass is 9.76. The molecular formula is C13H13N3O3. The van der Waals surface area contributed by atoms with Gasteiger partial charge in [0.1, 0.15) is 5.54 Å². The summed E-state index contributed by atoms with van der Waals surface area (Å²) >= 11 is 0. The molecule has 0 unspecified atom stereocenters. The second-order valence-corrected chi connectivity index (χ2v) is 4.87. The molecule has 98 valence electrons. The Morgan fingerprint density at radius 2 is 2.16 bits per heavy atom. The van der Waals surface area contributed by atoms with Gasteiger partial charge < -0.3 is 10.4 Å². The van der Waals surface area contributed by atoms with Crippen LogP contribution in [-0.2, 0) is 4.79 Å². The minimum absolute atomic E-state index is 0.356. The number of amides is 1. The number of hydrogen-bond donors (Lipinski definition) is 3. The molecule has 0 aliphatic heterocycles. The van der Waals surface area contributed by atoms with Crippen molar-refractivity contribution in [2.75, 3.05) is 0 Å². The van der Waals surface area contributed by atoms with Gasteiger partial charge in [-0.1, -0.05) is 0 Å². The first-order valence-corrected chi connectivity index (χ1v) is 6.10. The average Bonchev–Trinajstić information content (AvgIpc) is 2.79. The van der Waals surface area contributed by atoms with Crippen LogP contribution in [0.4, 0.5) is 0 Å².